The Kier molecular flexibility index (Phi) is 5.81. The van der Waals surface area contributed by atoms with Crippen LogP contribution in [0.1, 0.15) is 34.7 Å². The van der Waals surface area contributed by atoms with Gasteiger partial charge >= 0.3 is 0 Å². The molecule has 3 aromatic rings. The number of amides is 2. The van der Waals surface area contributed by atoms with Crippen molar-refractivity contribution in [3.8, 4) is 11.4 Å². The molecule has 1 saturated heterocycles. The summed E-state index contributed by atoms with van der Waals surface area (Å²) >= 11 is 6.15. The van der Waals surface area contributed by atoms with Gasteiger partial charge in [-0.1, -0.05) is 47.1 Å². The van der Waals surface area contributed by atoms with Crippen LogP contribution in [0.25, 0.3) is 11.4 Å². The highest BCUT2D eigenvalue weighted by atomic mass is 35.5. The normalized spacial score (nSPS) is 15.9. The third kappa shape index (κ3) is 4.21. The van der Waals surface area contributed by atoms with Crippen molar-refractivity contribution in [2.75, 3.05) is 6.54 Å². The summed E-state index contributed by atoms with van der Waals surface area (Å²) in [5.74, 6) is 0.623. The molecular formula is C22H21ClN4O3. The molecule has 2 aromatic carbocycles. The second-order valence-electron chi connectivity index (χ2n) is 7.18. The average Bonchev–Trinajstić information content (AvgIpc) is 3.42. The first kappa shape index (κ1) is 20.1. The number of benzene rings is 2. The third-order valence-corrected chi connectivity index (χ3v) is 5.51. The van der Waals surface area contributed by atoms with E-state index in [1.807, 2.05) is 18.2 Å². The molecule has 1 fully saturated rings. The topological polar surface area (TPSA) is 88.3 Å². The van der Waals surface area contributed by atoms with E-state index < -0.39 is 6.04 Å². The first-order chi connectivity index (χ1) is 14.5. The van der Waals surface area contributed by atoms with Crippen LogP contribution in [-0.4, -0.2) is 39.4 Å². The van der Waals surface area contributed by atoms with Crippen LogP contribution in [0.3, 0.4) is 0 Å². The third-order valence-electron chi connectivity index (χ3n) is 5.14. The van der Waals surface area contributed by atoms with Gasteiger partial charge in [0.2, 0.25) is 17.6 Å². The molecule has 0 aliphatic carbocycles. The van der Waals surface area contributed by atoms with E-state index in [1.54, 1.807) is 42.2 Å². The lowest BCUT2D eigenvalue weighted by atomic mass is 10.1. The highest BCUT2D eigenvalue weighted by Gasteiger charge is 2.34. The predicted molar refractivity (Wildman–Crippen MR) is 112 cm³/mol. The molecule has 1 aromatic heterocycles. The molecule has 8 heteroatoms. The average molecular weight is 425 g/mol. The molecule has 0 spiro atoms. The van der Waals surface area contributed by atoms with E-state index in [0.717, 1.165) is 17.5 Å². The van der Waals surface area contributed by atoms with Crippen molar-refractivity contribution < 1.29 is 14.1 Å². The molecule has 1 aliphatic rings. The molecule has 2 heterocycles. The summed E-state index contributed by atoms with van der Waals surface area (Å²) in [7, 11) is 0. The van der Waals surface area contributed by atoms with E-state index in [2.05, 4.69) is 15.5 Å². The zero-order valence-corrected chi connectivity index (χ0v) is 17.2. The Bertz CT molecular complexity index is 1060. The number of carbonyl (C=O) groups excluding carboxylic acids is 2. The van der Waals surface area contributed by atoms with Crippen LogP contribution >= 0.6 is 11.6 Å². The smallest absolute Gasteiger partial charge is 0.254 e. The predicted octanol–water partition coefficient (Wildman–Crippen LogP) is 3.62. The van der Waals surface area contributed by atoms with Crippen molar-refractivity contribution >= 4 is 23.4 Å². The lowest BCUT2D eigenvalue weighted by Crippen LogP contribution is -2.45. The van der Waals surface area contributed by atoms with Gasteiger partial charge in [0.1, 0.15) is 6.04 Å². The second kappa shape index (κ2) is 8.67. The maximum Gasteiger partial charge on any atom is 0.254 e. The fourth-order valence-corrected chi connectivity index (χ4v) is 3.77. The number of halogens is 1. The molecule has 1 aliphatic heterocycles. The van der Waals surface area contributed by atoms with Crippen LogP contribution in [-0.2, 0) is 11.3 Å². The lowest BCUT2D eigenvalue weighted by molar-refractivity contribution is -0.125. The second-order valence-corrected chi connectivity index (χ2v) is 7.59. The van der Waals surface area contributed by atoms with Gasteiger partial charge in [-0.2, -0.15) is 4.98 Å². The monoisotopic (exact) mass is 424 g/mol. The van der Waals surface area contributed by atoms with E-state index in [0.29, 0.717) is 41.8 Å². The molecule has 4 rings (SSSR count). The van der Waals surface area contributed by atoms with Crippen LogP contribution in [0.15, 0.2) is 53.1 Å². The van der Waals surface area contributed by atoms with E-state index >= 15 is 0 Å². The largest absolute Gasteiger partial charge is 0.350 e. The molecule has 1 N–H and O–H groups in total. The molecule has 0 unspecified atom stereocenters. The first-order valence-electron chi connectivity index (χ1n) is 9.76. The van der Waals surface area contributed by atoms with Gasteiger partial charge in [0.25, 0.3) is 5.91 Å². The fourth-order valence-electron chi connectivity index (χ4n) is 3.57. The van der Waals surface area contributed by atoms with Gasteiger partial charge in [0.05, 0.1) is 0 Å². The maximum atomic E-state index is 13.0. The minimum atomic E-state index is -0.487. The van der Waals surface area contributed by atoms with Crippen molar-refractivity contribution in [3.63, 3.8) is 0 Å². The minimum Gasteiger partial charge on any atom is -0.350 e. The summed E-state index contributed by atoms with van der Waals surface area (Å²) in [5.41, 5.74) is 2.12. The summed E-state index contributed by atoms with van der Waals surface area (Å²) in [6.07, 6.45) is 1.43. The summed E-state index contributed by atoms with van der Waals surface area (Å²) in [6.45, 7) is 2.60. The van der Waals surface area contributed by atoms with Crippen LogP contribution in [0.4, 0.5) is 0 Å². The summed E-state index contributed by atoms with van der Waals surface area (Å²) in [6, 6.07) is 13.9. The van der Waals surface area contributed by atoms with Gasteiger partial charge in [-0.3, -0.25) is 9.59 Å². The van der Waals surface area contributed by atoms with Crippen LogP contribution in [0, 0.1) is 6.92 Å². The van der Waals surface area contributed by atoms with Gasteiger partial charge in [0.15, 0.2) is 0 Å². The number of likely N-dealkylation sites (tertiary alicyclic amines) is 1. The number of hydrogen-bond donors (Lipinski definition) is 1. The SMILES string of the molecule is Cc1nc(-c2ccc(C(=O)N3CCC[C@@H]3C(=O)NCc3ccccc3Cl)cc2)no1. The molecule has 154 valence electrons. The fraction of sp³-hybridized carbons (Fsp3) is 0.273. The molecule has 30 heavy (non-hydrogen) atoms. The Labute approximate surface area is 179 Å². The zero-order valence-electron chi connectivity index (χ0n) is 16.5. The molecule has 0 saturated carbocycles. The van der Waals surface area contributed by atoms with Gasteiger partial charge in [-0.25, -0.2) is 0 Å². The molecule has 2 amide bonds. The van der Waals surface area contributed by atoms with Crippen molar-refractivity contribution in [3.05, 3.63) is 70.6 Å². The van der Waals surface area contributed by atoms with E-state index in [4.69, 9.17) is 16.1 Å². The Balaban J connectivity index is 1.43. The molecule has 0 radical (unpaired) electrons. The number of nitrogens with one attached hydrogen (secondary N) is 1. The molecule has 0 bridgehead atoms. The van der Waals surface area contributed by atoms with E-state index in [-0.39, 0.29) is 11.8 Å². The molecule has 1 atom stereocenters. The highest BCUT2D eigenvalue weighted by molar-refractivity contribution is 6.31. The number of carbonyl (C=O) groups is 2. The standard InChI is InChI=1S/C22H21ClN4O3/c1-14-25-20(26-30-14)15-8-10-16(11-9-15)22(29)27-12-4-7-19(27)21(28)24-13-17-5-2-3-6-18(17)23/h2-3,5-6,8-11,19H,4,7,12-13H2,1H3,(H,24,28)/t19-/m1/s1. The van der Waals surface area contributed by atoms with E-state index in [9.17, 15) is 9.59 Å². The Hall–Kier alpha value is -3.19. The van der Waals surface area contributed by atoms with Gasteiger partial charge in [-0.05, 0) is 36.6 Å². The van der Waals surface area contributed by atoms with Crippen molar-refractivity contribution in [2.24, 2.45) is 0 Å². The Morgan fingerprint density at radius 3 is 2.67 bits per heavy atom. The van der Waals surface area contributed by atoms with Crippen LogP contribution in [0.5, 0.6) is 0 Å². The van der Waals surface area contributed by atoms with Crippen molar-refractivity contribution in [2.45, 2.75) is 32.4 Å². The Morgan fingerprint density at radius 1 is 1.20 bits per heavy atom. The van der Waals surface area contributed by atoms with Gasteiger partial charge in [0, 0.05) is 36.2 Å². The summed E-state index contributed by atoms with van der Waals surface area (Å²) < 4.78 is 4.99. The number of hydrogen-bond acceptors (Lipinski definition) is 5. The quantitative estimate of drug-likeness (QED) is 0.675. The Morgan fingerprint density at radius 2 is 1.97 bits per heavy atom. The van der Waals surface area contributed by atoms with Crippen molar-refractivity contribution in [1.82, 2.24) is 20.4 Å². The number of aryl methyl sites for hydroxylation is 1. The van der Waals surface area contributed by atoms with E-state index in [1.165, 1.54) is 0 Å². The highest BCUT2D eigenvalue weighted by Crippen LogP contribution is 2.23. The number of aromatic nitrogens is 2. The van der Waals surface area contributed by atoms with Gasteiger partial charge < -0.3 is 14.7 Å². The number of nitrogens with zero attached hydrogens (tertiary/aromatic N) is 3. The van der Waals surface area contributed by atoms with Crippen molar-refractivity contribution in [1.29, 1.82) is 0 Å². The summed E-state index contributed by atoms with van der Waals surface area (Å²) in [5, 5.41) is 7.39. The van der Waals surface area contributed by atoms with Crippen LogP contribution < -0.4 is 5.32 Å². The lowest BCUT2D eigenvalue weighted by Gasteiger charge is -2.24. The maximum absolute atomic E-state index is 13.0. The van der Waals surface area contributed by atoms with Crippen LogP contribution in [0.2, 0.25) is 5.02 Å². The zero-order chi connectivity index (χ0) is 21.1. The van der Waals surface area contributed by atoms with Gasteiger partial charge in [-0.15, -0.1) is 0 Å². The summed E-state index contributed by atoms with van der Waals surface area (Å²) in [4.78, 5) is 31.6. The molecule has 7 nitrogen and oxygen atoms in total. The molecular weight excluding hydrogens is 404 g/mol. The number of rotatable bonds is 5. The minimum absolute atomic E-state index is 0.166. The first-order valence-corrected chi connectivity index (χ1v) is 10.1.